The molecule has 4 rings (SSSR count). The smallest absolute Gasteiger partial charge is 0.329 e. The van der Waals surface area contributed by atoms with Crippen molar-refractivity contribution < 1.29 is 23.8 Å². The summed E-state index contributed by atoms with van der Waals surface area (Å²) in [5, 5.41) is 10.6. The number of aliphatic carboxylic acids is 1. The average Bonchev–Trinajstić information content (AvgIpc) is 3.09. The van der Waals surface area contributed by atoms with Crippen molar-refractivity contribution in [2.45, 2.75) is 19.8 Å². The van der Waals surface area contributed by atoms with Crippen LogP contribution >= 0.6 is 0 Å². The fourth-order valence-corrected chi connectivity index (χ4v) is 3.49. The molecule has 0 spiro atoms. The van der Waals surface area contributed by atoms with Crippen LogP contribution in [0.15, 0.2) is 58.9 Å². The second-order valence-corrected chi connectivity index (χ2v) is 6.62. The maximum atomic E-state index is 12.8. The summed E-state index contributed by atoms with van der Waals surface area (Å²) in [7, 11) is 0. The normalized spacial score (nSPS) is 22.7. The van der Waals surface area contributed by atoms with Crippen molar-refractivity contribution in [2.75, 3.05) is 0 Å². The summed E-state index contributed by atoms with van der Waals surface area (Å²) in [6.45, 7) is 3.06. The van der Waals surface area contributed by atoms with Crippen LogP contribution in [-0.4, -0.2) is 27.0 Å². The maximum absolute atomic E-state index is 12.8. The number of aromatic nitrogens is 2. The summed E-state index contributed by atoms with van der Waals surface area (Å²) < 4.78 is 11.3. The molecule has 0 saturated heterocycles. The Hall–Kier alpha value is -3.48. The number of esters is 1. The van der Waals surface area contributed by atoms with Gasteiger partial charge in [0.15, 0.2) is 16.9 Å². The highest BCUT2D eigenvalue weighted by molar-refractivity contribution is 6.04. The first-order valence-corrected chi connectivity index (χ1v) is 8.34. The van der Waals surface area contributed by atoms with Crippen LogP contribution in [0.2, 0.25) is 0 Å². The zero-order valence-electron chi connectivity index (χ0n) is 14.7. The lowest BCUT2D eigenvalue weighted by Gasteiger charge is -2.36. The highest BCUT2D eigenvalue weighted by Gasteiger charge is 2.56. The Morgan fingerprint density at radius 3 is 2.70 bits per heavy atom. The van der Waals surface area contributed by atoms with Crippen LogP contribution in [0.4, 0.5) is 0 Å². The molecule has 3 aromatic rings. The molecule has 2 unspecified atom stereocenters. The van der Waals surface area contributed by atoms with Crippen LogP contribution in [0.3, 0.4) is 0 Å². The van der Waals surface area contributed by atoms with Crippen LogP contribution in [0.5, 0.6) is 0 Å². The zero-order chi connectivity index (χ0) is 19.2. The third-order valence-electron chi connectivity index (χ3n) is 4.96. The molecule has 0 radical (unpaired) electrons. The number of carboxylic acids is 1. The molecular weight excluding hydrogens is 348 g/mol. The minimum Gasteiger partial charge on any atom is -0.480 e. The number of hydrogen-bond acceptors (Lipinski definition) is 6. The molecule has 0 saturated carbocycles. The molecule has 2 aromatic heterocycles. The van der Waals surface area contributed by atoms with Crippen molar-refractivity contribution in [2.24, 2.45) is 5.41 Å². The van der Waals surface area contributed by atoms with E-state index in [1.165, 1.54) is 25.5 Å². The molecule has 2 atom stereocenters. The molecule has 0 fully saturated rings. The quantitative estimate of drug-likeness (QED) is 0.561. The van der Waals surface area contributed by atoms with E-state index in [1.54, 1.807) is 19.1 Å². The van der Waals surface area contributed by atoms with Gasteiger partial charge in [0.1, 0.15) is 5.58 Å². The summed E-state index contributed by atoms with van der Waals surface area (Å²) >= 11 is 0. The van der Waals surface area contributed by atoms with E-state index in [4.69, 9.17) is 9.15 Å². The van der Waals surface area contributed by atoms with Gasteiger partial charge in [-0.15, -0.1) is 0 Å². The summed E-state index contributed by atoms with van der Waals surface area (Å²) in [5.41, 5.74) is -0.258. The number of para-hydroxylation sites is 1. The second kappa shape index (κ2) is 6.05. The number of furan rings is 1. The van der Waals surface area contributed by atoms with E-state index in [0.717, 1.165) is 5.39 Å². The Balaban J connectivity index is 1.94. The topological polar surface area (TPSA) is 103 Å². The zero-order valence-corrected chi connectivity index (χ0v) is 14.7. The fraction of sp³-hybridized carbons (Fsp3) is 0.200. The number of nitrogens with zero attached hydrogens (tertiary/aromatic N) is 2. The molecule has 1 aliphatic heterocycles. The van der Waals surface area contributed by atoms with Crippen molar-refractivity contribution in [3.63, 3.8) is 0 Å². The van der Waals surface area contributed by atoms with Crippen LogP contribution in [0.25, 0.3) is 16.7 Å². The second-order valence-electron chi connectivity index (χ2n) is 6.62. The molecule has 0 amide bonds. The summed E-state index contributed by atoms with van der Waals surface area (Å²) in [4.78, 5) is 33.0. The number of allylic oxidation sites excluding steroid dienone is 1. The Bertz CT molecular complexity index is 1050. The number of carboxylic acid groups (broad SMARTS) is 1. The van der Waals surface area contributed by atoms with Gasteiger partial charge in [-0.3, -0.25) is 19.6 Å². The van der Waals surface area contributed by atoms with Gasteiger partial charge in [-0.05, 0) is 31.6 Å². The SMILES string of the molecule is CC1=C(c2cc3ccccc3o2)OC(=O)C(C)(C(=O)O)C1c1cnccn1. The van der Waals surface area contributed by atoms with E-state index in [-0.39, 0.29) is 5.76 Å². The van der Waals surface area contributed by atoms with Crippen molar-refractivity contribution >= 4 is 28.7 Å². The maximum Gasteiger partial charge on any atom is 0.329 e. The van der Waals surface area contributed by atoms with Crippen molar-refractivity contribution in [3.05, 3.63) is 65.9 Å². The lowest BCUT2D eigenvalue weighted by atomic mass is 9.70. The molecule has 136 valence electrons. The predicted molar refractivity (Wildman–Crippen MR) is 95.4 cm³/mol. The van der Waals surface area contributed by atoms with Crippen LogP contribution < -0.4 is 0 Å². The van der Waals surface area contributed by atoms with Crippen LogP contribution in [0, 0.1) is 5.41 Å². The lowest BCUT2D eigenvalue weighted by molar-refractivity contribution is -0.165. The number of rotatable bonds is 3. The summed E-state index contributed by atoms with van der Waals surface area (Å²) in [6, 6.07) is 9.16. The van der Waals surface area contributed by atoms with Crippen molar-refractivity contribution in [1.29, 1.82) is 0 Å². The fourth-order valence-electron chi connectivity index (χ4n) is 3.49. The first kappa shape index (κ1) is 17.0. The Labute approximate surface area is 154 Å². The first-order valence-electron chi connectivity index (χ1n) is 8.34. The molecule has 1 aliphatic rings. The number of hydrogen-bond donors (Lipinski definition) is 1. The van der Waals surface area contributed by atoms with Gasteiger partial charge >= 0.3 is 11.9 Å². The third kappa shape index (κ3) is 2.51. The number of ether oxygens (including phenoxy) is 1. The van der Waals surface area contributed by atoms with Crippen LogP contribution in [0.1, 0.15) is 31.2 Å². The Kier molecular flexibility index (Phi) is 3.80. The van der Waals surface area contributed by atoms with Gasteiger partial charge in [0.05, 0.1) is 11.6 Å². The van der Waals surface area contributed by atoms with Gasteiger partial charge in [0, 0.05) is 24.0 Å². The monoisotopic (exact) mass is 364 g/mol. The van der Waals surface area contributed by atoms with E-state index in [0.29, 0.717) is 22.6 Å². The van der Waals surface area contributed by atoms with Crippen molar-refractivity contribution in [1.82, 2.24) is 9.97 Å². The number of carbonyl (C=O) groups is 2. The molecule has 1 aromatic carbocycles. The average molecular weight is 364 g/mol. The molecule has 0 bridgehead atoms. The molecule has 0 aliphatic carbocycles. The van der Waals surface area contributed by atoms with Crippen LogP contribution in [-0.2, 0) is 14.3 Å². The van der Waals surface area contributed by atoms with E-state index in [2.05, 4.69) is 9.97 Å². The molecule has 27 heavy (non-hydrogen) atoms. The largest absolute Gasteiger partial charge is 0.480 e. The molecule has 7 heteroatoms. The van der Waals surface area contributed by atoms with Gasteiger partial charge in [-0.2, -0.15) is 0 Å². The Morgan fingerprint density at radius 2 is 2.04 bits per heavy atom. The number of benzene rings is 1. The van der Waals surface area contributed by atoms with Gasteiger partial charge in [-0.25, -0.2) is 0 Å². The molecule has 1 N–H and O–H groups in total. The minimum absolute atomic E-state index is 0.213. The van der Waals surface area contributed by atoms with E-state index >= 15 is 0 Å². The van der Waals surface area contributed by atoms with E-state index < -0.39 is 23.3 Å². The van der Waals surface area contributed by atoms with Gasteiger partial charge in [-0.1, -0.05) is 18.2 Å². The summed E-state index contributed by atoms with van der Waals surface area (Å²) in [6.07, 6.45) is 4.41. The highest BCUT2D eigenvalue weighted by Crippen LogP contribution is 2.49. The van der Waals surface area contributed by atoms with Gasteiger partial charge in [0.25, 0.3) is 0 Å². The third-order valence-corrected chi connectivity index (χ3v) is 4.96. The number of carbonyl (C=O) groups excluding carboxylic acids is 1. The van der Waals surface area contributed by atoms with E-state index in [1.807, 2.05) is 18.2 Å². The molecular formula is C20H16N2O5. The van der Waals surface area contributed by atoms with Gasteiger partial charge in [0.2, 0.25) is 0 Å². The van der Waals surface area contributed by atoms with Crippen molar-refractivity contribution in [3.8, 4) is 0 Å². The highest BCUT2D eigenvalue weighted by atomic mass is 16.6. The molecule has 7 nitrogen and oxygen atoms in total. The Morgan fingerprint density at radius 1 is 1.26 bits per heavy atom. The number of fused-ring (bicyclic) bond motifs is 1. The van der Waals surface area contributed by atoms with Gasteiger partial charge < -0.3 is 14.3 Å². The summed E-state index contributed by atoms with van der Waals surface area (Å²) in [5.74, 6) is -2.42. The van der Waals surface area contributed by atoms with E-state index in [9.17, 15) is 14.7 Å². The minimum atomic E-state index is -1.82. The molecule has 3 heterocycles. The first-order chi connectivity index (χ1) is 12.9. The number of cyclic esters (lactones) is 1. The standard InChI is InChI=1S/C20H16N2O5/c1-11-16(13-10-21-7-8-22-13)20(2,18(23)24)19(25)27-17(11)15-9-12-5-3-4-6-14(12)26-15/h3-10,16H,1-2H3,(H,23,24). The lowest BCUT2D eigenvalue weighted by Crippen LogP contribution is -2.46. The predicted octanol–water partition coefficient (Wildman–Crippen LogP) is 3.39.